The molecule has 2 N–H and O–H groups in total. The lowest BCUT2D eigenvalue weighted by atomic mass is 9.95. The van der Waals surface area contributed by atoms with E-state index in [1.165, 1.54) is 11.1 Å². The fraction of sp³-hybridized carbons (Fsp3) is 0.400. The van der Waals surface area contributed by atoms with E-state index in [0.717, 1.165) is 31.0 Å². The Morgan fingerprint density at radius 1 is 1.47 bits per heavy atom. The topological polar surface area (TPSA) is 41.1 Å². The number of nitrogens with one attached hydrogen (secondary N) is 2. The van der Waals surface area contributed by atoms with Gasteiger partial charge in [0.25, 0.3) is 0 Å². The molecule has 0 aromatic heterocycles. The van der Waals surface area contributed by atoms with Gasteiger partial charge >= 0.3 is 0 Å². The van der Waals surface area contributed by atoms with Crippen LogP contribution >= 0.6 is 11.8 Å². The Morgan fingerprint density at radius 3 is 3.05 bits per heavy atom. The Labute approximate surface area is 118 Å². The van der Waals surface area contributed by atoms with Gasteiger partial charge in [-0.1, -0.05) is 30.3 Å². The van der Waals surface area contributed by atoms with Gasteiger partial charge in [-0.3, -0.25) is 4.79 Å². The number of thioether (sulfide) groups is 1. The summed E-state index contributed by atoms with van der Waals surface area (Å²) in [6.45, 7) is 5.17. The van der Waals surface area contributed by atoms with Gasteiger partial charge in [-0.15, -0.1) is 6.58 Å². The lowest BCUT2D eigenvalue weighted by Gasteiger charge is -2.25. The van der Waals surface area contributed by atoms with E-state index in [1.54, 1.807) is 11.8 Å². The van der Waals surface area contributed by atoms with E-state index >= 15 is 0 Å². The summed E-state index contributed by atoms with van der Waals surface area (Å²) in [6, 6.07) is 8.20. The highest BCUT2D eigenvalue weighted by molar-refractivity contribution is 7.99. The molecule has 4 heteroatoms. The second kappa shape index (κ2) is 7.36. The Hall–Kier alpha value is -1.26. The average molecular weight is 276 g/mol. The molecule has 1 atom stereocenters. The van der Waals surface area contributed by atoms with Crippen molar-refractivity contribution >= 4 is 17.7 Å². The zero-order valence-corrected chi connectivity index (χ0v) is 11.8. The molecule has 102 valence electrons. The highest BCUT2D eigenvalue weighted by atomic mass is 32.2. The number of benzene rings is 1. The summed E-state index contributed by atoms with van der Waals surface area (Å²) in [6.07, 6.45) is 2.66. The number of fused-ring (bicyclic) bond motifs is 1. The van der Waals surface area contributed by atoms with Crippen molar-refractivity contribution in [3.63, 3.8) is 0 Å². The van der Waals surface area contributed by atoms with Gasteiger partial charge in [0.05, 0.1) is 6.04 Å². The Kier molecular flexibility index (Phi) is 5.48. The Morgan fingerprint density at radius 2 is 2.26 bits per heavy atom. The molecular formula is C15H20N2OS. The van der Waals surface area contributed by atoms with Gasteiger partial charge in [-0.2, -0.15) is 11.8 Å². The molecule has 1 heterocycles. The lowest BCUT2D eigenvalue weighted by molar-refractivity contribution is -0.123. The number of amides is 1. The molecule has 2 rings (SSSR count). The van der Waals surface area contributed by atoms with Gasteiger partial charge in [-0.25, -0.2) is 0 Å². The third kappa shape index (κ3) is 4.11. The zero-order valence-electron chi connectivity index (χ0n) is 11.0. The first kappa shape index (κ1) is 14.2. The van der Waals surface area contributed by atoms with Crippen molar-refractivity contribution in [2.45, 2.75) is 19.0 Å². The minimum Gasteiger partial charge on any atom is -0.354 e. The molecule has 1 amide bonds. The second-order valence-corrected chi connectivity index (χ2v) is 5.71. The van der Waals surface area contributed by atoms with Crippen LogP contribution in [0.15, 0.2) is 36.9 Å². The second-order valence-electron chi connectivity index (χ2n) is 4.56. The summed E-state index contributed by atoms with van der Waals surface area (Å²) in [5, 5.41) is 6.28. The molecule has 19 heavy (non-hydrogen) atoms. The third-order valence-corrected chi connectivity index (χ3v) is 4.14. The Bertz CT molecular complexity index is 448. The maximum absolute atomic E-state index is 12.0. The van der Waals surface area contributed by atoms with Gasteiger partial charge in [0.15, 0.2) is 0 Å². The summed E-state index contributed by atoms with van der Waals surface area (Å²) in [5.74, 6) is 1.97. The highest BCUT2D eigenvalue weighted by Crippen LogP contribution is 2.16. The van der Waals surface area contributed by atoms with E-state index in [2.05, 4.69) is 29.3 Å². The molecule has 1 aromatic carbocycles. The van der Waals surface area contributed by atoms with Gasteiger partial charge in [0.1, 0.15) is 0 Å². The normalized spacial score (nSPS) is 17.6. The predicted molar refractivity (Wildman–Crippen MR) is 81.3 cm³/mol. The van der Waals surface area contributed by atoms with Crippen LogP contribution in [0.25, 0.3) is 0 Å². The number of rotatable bonds is 6. The molecule has 0 saturated heterocycles. The number of hydrogen-bond donors (Lipinski definition) is 2. The first-order valence-electron chi connectivity index (χ1n) is 6.58. The van der Waals surface area contributed by atoms with Crippen LogP contribution in [-0.2, 0) is 17.8 Å². The Balaban J connectivity index is 1.77. The minimum absolute atomic E-state index is 0.0979. The monoisotopic (exact) mass is 276 g/mol. The molecule has 0 saturated carbocycles. The third-order valence-electron chi connectivity index (χ3n) is 3.18. The van der Waals surface area contributed by atoms with Crippen molar-refractivity contribution in [1.29, 1.82) is 0 Å². The van der Waals surface area contributed by atoms with Crippen LogP contribution in [0.1, 0.15) is 11.1 Å². The fourth-order valence-electron chi connectivity index (χ4n) is 2.18. The fourth-order valence-corrected chi connectivity index (χ4v) is 2.76. The SMILES string of the molecule is C=CCSCCNC(=O)[C@@H]1Cc2ccccc2CN1. The first-order chi connectivity index (χ1) is 9.31. The van der Waals surface area contributed by atoms with E-state index in [4.69, 9.17) is 0 Å². The maximum atomic E-state index is 12.0. The van der Waals surface area contributed by atoms with Crippen molar-refractivity contribution in [3.8, 4) is 0 Å². The zero-order chi connectivity index (χ0) is 13.5. The van der Waals surface area contributed by atoms with Crippen LogP contribution in [0.5, 0.6) is 0 Å². The van der Waals surface area contributed by atoms with Crippen molar-refractivity contribution < 1.29 is 4.79 Å². The minimum atomic E-state index is -0.0979. The van der Waals surface area contributed by atoms with Crippen LogP contribution in [-0.4, -0.2) is 30.0 Å². The molecule has 0 spiro atoms. The quantitative estimate of drug-likeness (QED) is 0.614. The highest BCUT2D eigenvalue weighted by Gasteiger charge is 2.23. The van der Waals surface area contributed by atoms with E-state index < -0.39 is 0 Å². The average Bonchev–Trinajstić information content (AvgIpc) is 2.46. The van der Waals surface area contributed by atoms with Gasteiger partial charge in [-0.05, 0) is 17.5 Å². The van der Waals surface area contributed by atoms with Crippen molar-refractivity contribution in [2.75, 3.05) is 18.1 Å². The van der Waals surface area contributed by atoms with Crippen LogP contribution in [0.3, 0.4) is 0 Å². The van der Waals surface area contributed by atoms with E-state index in [0.29, 0.717) is 0 Å². The number of carbonyl (C=O) groups is 1. The van der Waals surface area contributed by atoms with Crippen molar-refractivity contribution in [1.82, 2.24) is 10.6 Å². The molecule has 3 nitrogen and oxygen atoms in total. The molecular weight excluding hydrogens is 256 g/mol. The van der Waals surface area contributed by atoms with Crippen molar-refractivity contribution in [3.05, 3.63) is 48.0 Å². The maximum Gasteiger partial charge on any atom is 0.237 e. The number of hydrogen-bond acceptors (Lipinski definition) is 3. The summed E-state index contributed by atoms with van der Waals surface area (Å²) >= 11 is 1.78. The molecule has 1 aromatic rings. The first-order valence-corrected chi connectivity index (χ1v) is 7.73. The van der Waals surface area contributed by atoms with E-state index in [1.807, 2.05) is 18.2 Å². The molecule has 0 fully saturated rings. The standard InChI is InChI=1S/C15H20N2OS/c1-2-8-19-9-7-16-15(18)14-10-12-5-3-4-6-13(12)11-17-14/h2-6,14,17H,1,7-11H2,(H,16,18)/t14-/m0/s1. The van der Waals surface area contributed by atoms with Crippen LogP contribution < -0.4 is 10.6 Å². The molecule has 1 aliphatic rings. The van der Waals surface area contributed by atoms with Crippen molar-refractivity contribution in [2.24, 2.45) is 0 Å². The summed E-state index contributed by atoms with van der Waals surface area (Å²) in [7, 11) is 0. The van der Waals surface area contributed by atoms with Gasteiger partial charge < -0.3 is 10.6 Å². The van der Waals surface area contributed by atoms with Gasteiger partial charge in [0, 0.05) is 24.6 Å². The predicted octanol–water partition coefficient (Wildman–Crippen LogP) is 1.74. The molecule has 1 aliphatic heterocycles. The summed E-state index contributed by atoms with van der Waals surface area (Å²) < 4.78 is 0. The van der Waals surface area contributed by atoms with Crippen LogP contribution in [0, 0.1) is 0 Å². The smallest absolute Gasteiger partial charge is 0.237 e. The summed E-state index contributed by atoms with van der Waals surface area (Å²) in [4.78, 5) is 12.0. The molecule has 0 bridgehead atoms. The van der Waals surface area contributed by atoms with Crippen LogP contribution in [0.2, 0.25) is 0 Å². The molecule has 0 radical (unpaired) electrons. The van der Waals surface area contributed by atoms with E-state index in [9.17, 15) is 4.79 Å². The van der Waals surface area contributed by atoms with E-state index in [-0.39, 0.29) is 11.9 Å². The summed E-state index contributed by atoms with van der Waals surface area (Å²) in [5.41, 5.74) is 2.58. The van der Waals surface area contributed by atoms with Gasteiger partial charge in [0.2, 0.25) is 5.91 Å². The van der Waals surface area contributed by atoms with Crippen LogP contribution in [0.4, 0.5) is 0 Å². The molecule has 0 aliphatic carbocycles. The molecule has 0 unspecified atom stereocenters. The largest absolute Gasteiger partial charge is 0.354 e. The number of carbonyl (C=O) groups excluding carboxylic acids is 1. The lowest BCUT2D eigenvalue weighted by Crippen LogP contribution is -2.48.